The van der Waals surface area contributed by atoms with E-state index in [1.165, 1.54) is 11.3 Å². The van der Waals surface area contributed by atoms with Crippen LogP contribution < -0.4 is 5.32 Å². The second-order valence-corrected chi connectivity index (χ2v) is 6.40. The van der Waals surface area contributed by atoms with Crippen molar-refractivity contribution in [3.8, 4) is 0 Å². The lowest BCUT2D eigenvalue weighted by Gasteiger charge is -2.20. The number of aromatic nitrogens is 6. The lowest BCUT2D eigenvalue weighted by atomic mass is 10.2. The van der Waals surface area contributed by atoms with Gasteiger partial charge in [-0.2, -0.15) is 5.10 Å². The summed E-state index contributed by atoms with van der Waals surface area (Å²) in [6, 6.07) is -0.437. The van der Waals surface area contributed by atoms with Gasteiger partial charge in [-0.05, 0) is 6.92 Å². The number of fused-ring (bicyclic) bond motifs is 1. The highest BCUT2D eigenvalue weighted by Crippen LogP contribution is 2.15. The minimum Gasteiger partial charge on any atom is -0.383 e. The van der Waals surface area contributed by atoms with Gasteiger partial charge in [0.2, 0.25) is 4.96 Å². The Labute approximate surface area is 148 Å². The molecule has 1 atom stereocenters. The molecule has 25 heavy (non-hydrogen) atoms. The first-order valence-corrected chi connectivity index (χ1v) is 8.62. The number of hydrogen-bond acceptors (Lipinski definition) is 7. The van der Waals surface area contributed by atoms with Crippen molar-refractivity contribution >= 4 is 22.3 Å². The van der Waals surface area contributed by atoms with E-state index in [1.54, 1.807) is 35.4 Å². The Bertz CT molecular complexity index is 812. The SMILES string of the molecule is COCCn1cnnc1CN(C)C(=O)NC(C)c1cn2ncsc2n1. The Balaban J connectivity index is 1.58. The van der Waals surface area contributed by atoms with Gasteiger partial charge < -0.3 is 19.5 Å². The summed E-state index contributed by atoms with van der Waals surface area (Å²) in [7, 11) is 3.35. The number of nitrogens with zero attached hydrogens (tertiary/aromatic N) is 7. The molecule has 0 spiro atoms. The summed E-state index contributed by atoms with van der Waals surface area (Å²) in [6.07, 6.45) is 3.45. The predicted molar refractivity (Wildman–Crippen MR) is 91.2 cm³/mol. The molecule has 0 fully saturated rings. The van der Waals surface area contributed by atoms with Gasteiger partial charge in [0.05, 0.1) is 31.1 Å². The van der Waals surface area contributed by atoms with E-state index in [0.29, 0.717) is 25.5 Å². The first-order chi connectivity index (χ1) is 12.1. The number of ether oxygens (including phenoxy) is 1. The van der Waals surface area contributed by atoms with Gasteiger partial charge >= 0.3 is 6.03 Å². The summed E-state index contributed by atoms with van der Waals surface area (Å²) < 4.78 is 8.63. The van der Waals surface area contributed by atoms with Crippen LogP contribution in [0.25, 0.3) is 4.96 Å². The molecule has 11 heteroatoms. The van der Waals surface area contributed by atoms with E-state index in [4.69, 9.17) is 4.74 Å². The van der Waals surface area contributed by atoms with E-state index in [0.717, 1.165) is 10.7 Å². The number of nitrogens with one attached hydrogen (secondary N) is 1. The molecule has 1 N–H and O–H groups in total. The van der Waals surface area contributed by atoms with Crippen LogP contribution >= 0.6 is 11.3 Å². The van der Waals surface area contributed by atoms with Crippen LogP contribution in [0.1, 0.15) is 24.5 Å². The fraction of sp³-hybridized carbons (Fsp3) is 0.500. The molecular weight excluding hydrogens is 344 g/mol. The van der Waals surface area contributed by atoms with Crippen LogP contribution in [0.5, 0.6) is 0 Å². The Hall–Kier alpha value is -2.53. The molecule has 3 aromatic heterocycles. The number of urea groups is 1. The summed E-state index contributed by atoms with van der Waals surface area (Å²) >= 11 is 1.45. The summed E-state index contributed by atoms with van der Waals surface area (Å²) in [6.45, 7) is 3.44. The molecule has 2 amide bonds. The normalized spacial score (nSPS) is 12.4. The molecule has 3 aromatic rings. The quantitative estimate of drug-likeness (QED) is 0.669. The minimum atomic E-state index is -0.227. The monoisotopic (exact) mass is 364 g/mol. The van der Waals surface area contributed by atoms with Gasteiger partial charge in [-0.1, -0.05) is 11.3 Å². The van der Waals surface area contributed by atoms with Crippen molar-refractivity contribution in [2.45, 2.75) is 26.1 Å². The van der Waals surface area contributed by atoms with Crippen molar-refractivity contribution in [3.63, 3.8) is 0 Å². The molecule has 0 radical (unpaired) electrons. The Morgan fingerprint density at radius 3 is 3.12 bits per heavy atom. The first-order valence-electron chi connectivity index (χ1n) is 7.74. The number of carbonyl (C=O) groups excluding carboxylic acids is 1. The van der Waals surface area contributed by atoms with Gasteiger partial charge in [0.1, 0.15) is 11.8 Å². The van der Waals surface area contributed by atoms with Crippen molar-refractivity contribution in [2.75, 3.05) is 20.8 Å². The summed E-state index contributed by atoms with van der Waals surface area (Å²) in [5.41, 5.74) is 2.49. The third-order valence-corrected chi connectivity index (χ3v) is 4.43. The van der Waals surface area contributed by atoms with E-state index in [-0.39, 0.29) is 12.1 Å². The van der Waals surface area contributed by atoms with Crippen LogP contribution in [-0.2, 0) is 17.8 Å². The number of carbonyl (C=O) groups is 1. The smallest absolute Gasteiger partial charge is 0.318 e. The summed E-state index contributed by atoms with van der Waals surface area (Å²) in [5.74, 6) is 0.703. The van der Waals surface area contributed by atoms with Crippen molar-refractivity contribution in [1.82, 2.24) is 39.6 Å². The molecule has 3 rings (SSSR count). The fourth-order valence-corrected chi connectivity index (χ4v) is 2.90. The number of rotatable bonds is 7. The standard InChI is InChI=1S/C14H20N8O2S/c1-10(11-6-22-14(18-11)25-9-16-22)17-13(23)20(2)7-12-19-15-8-21(12)4-5-24-3/h6,8-10H,4-5,7H2,1-3H3,(H,17,23). The zero-order valence-corrected chi connectivity index (χ0v) is 15.1. The van der Waals surface area contributed by atoms with Crippen molar-refractivity contribution in [2.24, 2.45) is 0 Å². The van der Waals surface area contributed by atoms with E-state index in [1.807, 2.05) is 17.7 Å². The molecule has 10 nitrogen and oxygen atoms in total. The molecule has 3 heterocycles. The summed E-state index contributed by atoms with van der Waals surface area (Å²) in [4.78, 5) is 19.2. The maximum Gasteiger partial charge on any atom is 0.318 e. The van der Waals surface area contributed by atoms with Crippen LogP contribution in [0.2, 0.25) is 0 Å². The molecule has 0 aliphatic rings. The molecule has 0 aromatic carbocycles. The zero-order valence-electron chi connectivity index (χ0n) is 14.3. The van der Waals surface area contributed by atoms with Gasteiger partial charge in [-0.15, -0.1) is 10.2 Å². The Morgan fingerprint density at radius 2 is 2.36 bits per heavy atom. The fourth-order valence-electron chi connectivity index (χ4n) is 2.30. The zero-order chi connectivity index (χ0) is 17.8. The van der Waals surface area contributed by atoms with Crippen LogP contribution in [0.15, 0.2) is 18.0 Å². The molecule has 0 bridgehead atoms. The summed E-state index contributed by atoms with van der Waals surface area (Å²) in [5, 5.41) is 15.0. The van der Waals surface area contributed by atoms with Crippen LogP contribution in [-0.4, -0.2) is 61.1 Å². The average Bonchev–Trinajstić information content (AvgIpc) is 3.28. The van der Waals surface area contributed by atoms with Crippen molar-refractivity contribution in [1.29, 1.82) is 0 Å². The largest absolute Gasteiger partial charge is 0.383 e. The van der Waals surface area contributed by atoms with Crippen LogP contribution in [0.3, 0.4) is 0 Å². The van der Waals surface area contributed by atoms with Crippen LogP contribution in [0, 0.1) is 0 Å². The van der Waals surface area contributed by atoms with E-state index in [2.05, 4.69) is 25.6 Å². The number of hydrogen-bond donors (Lipinski definition) is 1. The molecule has 0 aliphatic carbocycles. The third-order valence-electron chi connectivity index (χ3n) is 3.75. The third kappa shape index (κ3) is 3.94. The first kappa shape index (κ1) is 17.3. The van der Waals surface area contributed by atoms with Gasteiger partial charge in [-0.3, -0.25) is 0 Å². The molecule has 0 saturated carbocycles. The molecule has 0 saturated heterocycles. The maximum atomic E-state index is 12.4. The topological polar surface area (TPSA) is 102 Å². The minimum absolute atomic E-state index is 0.210. The van der Waals surface area contributed by atoms with Gasteiger partial charge in [0, 0.05) is 20.7 Å². The Kier molecular flexibility index (Phi) is 5.24. The molecule has 0 aliphatic heterocycles. The second-order valence-electron chi connectivity index (χ2n) is 5.59. The maximum absolute atomic E-state index is 12.4. The average molecular weight is 364 g/mol. The lowest BCUT2D eigenvalue weighted by Crippen LogP contribution is -2.38. The Morgan fingerprint density at radius 1 is 1.52 bits per heavy atom. The van der Waals surface area contributed by atoms with E-state index < -0.39 is 0 Å². The van der Waals surface area contributed by atoms with E-state index >= 15 is 0 Å². The molecule has 134 valence electrons. The highest BCUT2D eigenvalue weighted by Gasteiger charge is 2.18. The number of imidazole rings is 1. The number of methoxy groups -OCH3 is 1. The lowest BCUT2D eigenvalue weighted by molar-refractivity contribution is 0.183. The highest BCUT2D eigenvalue weighted by molar-refractivity contribution is 7.14. The van der Waals surface area contributed by atoms with Crippen LogP contribution in [0.4, 0.5) is 4.79 Å². The number of amides is 2. The molecule has 1 unspecified atom stereocenters. The van der Waals surface area contributed by atoms with E-state index in [9.17, 15) is 4.79 Å². The van der Waals surface area contributed by atoms with Crippen molar-refractivity contribution < 1.29 is 9.53 Å². The highest BCUT2D eigenvalue weighted by atomic mass is 32.1. The van der Waals surface area contributed by atoms with Gasteiger partial charge in [-0.25, -0.2) is 14.3 Å². The van der Waals surface area contributed by atoms with Crippen molar-refractivity contribution in [3.05, 3.63) is 29.6 Å². The predicted octanol–water partition coefficient (Wildman–Crippen LogP) is 0.931. The second kappa shape index (κ2) is 7.57. The van der Waals surface area contributed by atoms with Gasteiger partial charge in [0.15, 0.2) is 5.82 Å². The molecular formula is C14H20N8O2S. The van der Waals surface area contributed by atoms with Gasteiger partial charge in [0.25, 0.3) is 0 Å².